The molecule has 11 heteroatoms. The summed E-state index contributed by atoms with van der Waals surface area (Å²) in [5.74, 6) is 1.02. The molecule has 0 saturated heterocycles. The van der Waals surface area contributed by atoms with Crippen molar-refractivity contribution in [3.8, 4) is 22.8 Å². The summed E-state index contributed by atoms with van der Waals surface area (Å²) in [5.41, 5.74) is 1.00. The van der Waals surface area contributed by atoms with Gasteiger partial charge in [-0.05, 0) is 30.3 Å². The monoisotopic (exact) mass is 517 g/mol. The van der Waals surface area contributed by atoms with E-state index in [0.29, 0.717) is 35.4 Å². The Hall–Kier alpha value is -3.15. The van der Waals surface area contributed by atoms with Gasteiger partial charge in [0, 0.05) is 16.4 Å². The number of rotatable bonds is 7. The minimum atomic E-state index is -4.62. The van der Waals surface area contributed by atoms with Crippen LogP contribution in [0.3, 0.4) is 0 Å². The van der Waals surface area contributed by atoms with Crippen molar-refractivity contribution in [2.24, 2.45) is 5.41 Å². The molecule has 0 spiro atoms. The second kappa shape index (κ2) is 9.84. The molecule has 2 heterocycles. The molecule has 1 aliphatic rings. The van der Waals surface area contributed by atoms with Crippen LogP contribution in [-0.2, 0) is 15.1 Å². The lowest BCUT2D eigenvalue weighted by atomic mass is 9.95. The van der Waals surface area contributed by atoms with Crippen molar-refractivity contribution in [2.75, 3.05) is 24.1 Å². The van der Waals surface area contributed by atoms with E-state index in [1.165, 1.54) is 11.3 Å². The van der Waals surface area contributed by atoms with Gasteiger partial charge in [-0.25, -0.2) is 9.29 Å². The predicted octanol–water partition coefficient (Wildman–Crippen LogP) is 4.09. The van der Waals surface area contributed by atoms with Gasteiger partial charge in [0.2, 0.25) is 5.91 Å². The zero-order chi connectivity index (χ0) is 25.2. The standard InChI is InChI=1S/C24H27N3O6S2/c1-24(2,3)23(28)26-18(14-27(35(29,30)31)17-7-5-4-6-8-17)22-25-19(15-34-22)16-9-10-20-21(13-16)33-12-11-32-20/h4-10,13,15,18H,11-12,14H2,1-3H3,(H,26,28)(H,29,30,31)/t18-/m0/s1. The van der Waals surface area contributed by atoms with E-state index in [0.717, 1.165) is 9.87 Å². The largest absolute Gasteiger partial charge is 0.486 e. The number of aromatic nitrogens is 1. The summed E-state index contributed by atoms with van der Waals surface area (Å²) in [6.07, 6.45) is 0. The van der Waals surface area contributed by atoms with Crippen LogP contribution < -0.4 is 19.1 Å². The molecule has 0 fully saturated rings. The summed E-state index contributed by atoms with van der Waals surface area (Å²) in [6.45, 7) is 6.01. The molecule has 4 rings (SSSR count). The molecule has 3 aromatic rings. The first-order valence-corrected chi connectivity index (χ1v) is 13.3. The second-order valence-corrected chi connectivity index (χ2v) is 11.3. The van der Waals surface area contributed by atoms with Crippen molar-refractivity contribution in [1.82, 2.24) is 10.3 Å². The van der Waals surface area contributed by atoms with Gasteiger partial charge < -0.3 is 14.8 Å². The molecule has 1 amide bonds. The highest BCUT2D eigenvalue weighted by Crippen LogP contribution is 2.36. The molecule has 35 heavy (non-hydrogen) atoms. The molecule has 0 unspecified atom stereocenters. The number of fused-ring (bicyclic) bond motifs is 1. The number of para-hydroxylation sites is 1. The lowest BCUT2D eigenvalue weighted by Gasteiger charge is -2.28. The first-order chi connectivity index (χ1) is 16.5. The van der Waals surface area contributed by atoms with E-state index < -0.39 is 21.8 Å². The Kier molecular flexibility index (Phi) is 7.02. The highest BCUT2D eigenvalue weighted by atomic mass is 32.2. The Bertz CT molecular complexity index is 1300. The number of benzene rings is 2. The number of amides is 1. The van der Waals surface area contributed by atoms with Crippen LogP contribution in [-0.4, -0.2) is 43.6 Å². The quantitative estimate of drug-likeness (QED) is 0.453. The Morgan fingerprint density at radius 2 is 1.83 bits per heavy atom. The SMILES string of the molecule is CC(C)(C)C(=O)N[C@@H](CN(c1ccccc1)S(=O)(=O)O)c1nc(-c2ccc3c(c2)OCCO3)cs1. The first-order valence-electron chi connectivity index (χ1n) is 11.0. The maximum atomic E-state index is 12.9. The van der Waals surface area contributed by atoms with E-state index in [9.17, 15) is 17.8 Å². The van der Waals surface area contributed by atoms with E-state index in [2.05, 4.69) is 5.32 Å². The normalized spacial score (nSPS) is 14.3. The van der Waals surface area contributed by atoms with Gasteiger partial charge in [-0.2, -0.15) is 8.42 Å². The van der Waals surface area contributed by atoms with Crippen LogP contribution in [0.1, 0.15) is 31.8 Å². The lowest BCUT2D eigenvalue weighted by Crippen LogP contribution is -2.44. The number of carbonyl (C=O) groups is 1. The molecule has 1 aliphatic heterocycles. The third kappa shape index (κ3) is 5.92. The van der Waals surface area contributed by atoms with Gasteiger partial charge in [-0.3, -0.25) is 9.35 Å². The van der Waals surface area contributed by atoms with E-state index in [4.69, 9.17) is 14.5 Å². The van der Waals surface area contributed by atoms with E-state index in [1.807, 2.05) is 23.6 Å². The summed E-state index contributed by atoms with van der Waals surface area (Å²) in [5, 5.41) is 5.24. The summed E-state index contributed by atoms with van der Waals surface area (Å²) in [7, 11) is -4.62. The van der Waals surface area contributed by atoms with Crippen LogP contribution in [0.4, 0.5) is 5.69 Å². The molecule has 0 saturated carbocycles. The van der Waals surface area contributed by atoms with E-state index in [-0.39, 0.29) is 18.1 Å². The van der Waals surface area contributed by atoms with Crippen molar-refractivity contribution in [1.29, 1.82) is 0 Å². The fourth-order valence-electron chi connectivity index (χ4n) is 3.44. The first kappa shape index (κ1) is 25.0. The second-order valence-electron chi connectivity index (χ2n) is 9.05. The minimum Gasteiger partial charge on any atom is -0.486 e. The van der Waals surface area contributed by atoms with Gasteiger partial charge >= 0.3 is 10.3 Å². The number of anilines is 1. The van der Waals surface area contributed by atoms with Crippen LogP contribution >= 0.6 is 11.3 Å². The zero-order valence-electron chi connectivity index (χ0n) is 19.6. The van der Waals surface area contributed by atoms with Crippen LogP contribution in [0.15, 0.2) is 53.9 Å². The van der Waals surface area contributed by atoms with Crippen molar-refractivity contribution >= 4 is 33.2 Å². The molecule has 2 aromatic carbocycles. The molecule has 186 valence electrons. The maximum absolute atomic E-state index is 12.9. The van der Waals surface area contributed by atoms with Gasteiger partial charge in [-0.1, -0.05) is 39.0 Å². The van der Waals surface area contributed by atoms with E-state index >= 15 is 0 Å². The highest BCUT2D eigenvalue weighted by molar-refractivity contribution is 7.87. The van der Waals surface area contributed by atoms with Crippen molar-refractivity contribution in [3.63, 3.8) is 0 Å². The molecule has 1 atom stereocenters. The van der Waals surface area contributed by atoms with E-state index in [1.54, 1.807) is 51.1 Å². The Labute approximate surface area is 208 Å². The third-order valence-corrected chi connectivity index (χ3v) is 7.19. The molecule has 2 N–H and O–H groups in total. The van der Waals surface area contributed by atoms with Crippen LogP contribution in [0.25, 0.3) is 11.3 Å². The predicted molar refractivity (Wildman–Crippen MR) is 134 cm³/mol. The fourth-order valence-corrected chi connectivity index (χ4v) is 5.03. The Morgan fingerprint density at radius 3 is 2.49 bits per heavy atom. The minimum absolute atomic E-state index is 0.237. The average molecular weight is 518 g/mol. The molecule has 0 aliphatic carbocycles. The molecule has 1 aromatic heterocycles. The number of hydrogen-bond acceptors (Lipinski definition) is 7. The van der Waals surface area contributed by atoms with Crippen LogP contribution in [0.2, 0.25) is 0 Å². The van der Waals surface area contributed by atoms with Crippen molar-refractivity contribution in [2.45, 2.75) is 26.8 Å². The number of nitrogens with zero attached hydrogens (tertiary/aromatic N) is 2. The number of nitrogens with one attached hydrogen (secondary N) is 1. The highest BCUT2D eigenvalue weighted by Gasteiger charge is 2.31. The Balaban J connectivity index is 1.68. The van der Waals surface area contributed by atoms with Gasteiger partial charge in [0.05, 0.1) is 24.0 Å². The number of thiazole rings is 1. The average Bonchev–Trinajstić information content (AvgIpc) is 3.30. The number of carbonyl (C=O) groups excluding carboxylic acids is 1. The van der Waals surface area contributed by atoms with Crippen LogP contribution in [0, 0.1) is 5.41 Å². The van der Waals surface area contributed by atoms with Crippen molar-refractivity contribution in [3.05, 3.63) is 58.9 Å². The molecule has 9 nitrogen and oxygen atoms in total. The maximum Gasteiger partial charge on any atom is 0.360 e. The van der Waals surface area contributed by atoms with Gasteiger partial charge in [0.15, 0.2) is 11.5 Å². The topological polar surface area (TPSA) is 118 Å². The van der Waals surface area contributed by atoms with Crippen molar-refractivity contribution < 1.29 is 27.2 Å². The Morgan fingerprint density at radius 1 is 1.14 bits per heavy atom. The zero-order valence-corrected chi connectivity index (χ0v) is 21.2. The fraction of sp³-hybridized carbons (Fsp3) is 0.333. The summed E-state index contributed by atoms with van der Waals surface area (Å²) < 4.78 is 46.6. The number of ether oxygens (including phenoxy) is 2. The summed E-state index contributed by atoms with van der Waals surface area (Å²) in [6, 6.07) is 12.9. The molecule has 0 radical (unpaired) electrons. The summed E-state index contributed by atoms with van der Waals surface area (Å²) in [4.78, 5) is 17.6. The lowest BCUT2D eigenvalue weighted by molar-refractivity contribution is -0.129. The smallest absolute Gasteiger partial charge is 0.360 e. The number of hydrogen-bond donors (Lipinski definition) is 2. The molecular weight excluding hydrogens is 490 g/mol. The van der Waals surface area contributed by atoms with Gasteiger partial charge in [-0.15, -0.1) is 11.3 Å². The van der Waals surface area contributed by atoms with Gasteiger partial charge in [0.1, 0.15) is 18.2 Å². The van der Waals surface area contributed by atoms with Gasteiger partial charge in [0.25, 0.3) is 0 Å². The molecular formula is C24H27N3O6S2. The van der Waals surface area contributed by atoms with Crippen LogP contribution in [0.5, 0.6) is 11.5 Å². The summed E-state index contributed by atoms with van der Waals surface area (Å²) >= 11 is 1.29. The molecule has 0 bridgehead atoms. The third-order valence-electron chi connectivity index (χ3n) is 5.32.